The van der Waals surface area contributed by atoms with Gasteiger partial charge in [-0.05, 0) is 36.2 Å². The lowest BCUT2D eigenvalue weighted by atomic mass is 10.2. The van der Waals surface area contributed by atoms with Crippen molar-refractivity contribution in [2.75, 3.05) is 19.1 Å². The van der Waals surface area contributed by atoms with Crippen LogP contribution in [0.5, 0.6) is 11.5 Å². The van der Waals surface area contributed by atoms with Crippen molar-refractivity contribution in [1.29, 1.82) is 0 Å². The third-order valence-electron chi connectivity index (χ3n) is 5.40. The van der Waals surface area contributed by atoms with Crippen LogP contribution in [0.25, 0.3) is 11.2 Å². The molecule has 0 radical (unpaired) electrons. The van der Waals surface area contributed by atoms with E-state index in [9.17, 15) is 9.59 Å². The van der Waals surface area contributed by atoms with Crippen LogP contribution in [-0.4, -0.2) is 38.6 Å². The Labute approximate surface area is 195 Å². The third kappa shape index (κ3) is 4.29. The van der Waals surface area contributed by atoms with E-state index >= 15 is 0 Å². The second-order valence-corrected chi connectivity index (χ2v) is 7.60. The molecule has 10 nitrogen and oxygen atoms in total. The molecule has 10 heteroatoms. The molecule has 0 saturated carbocycles. The number of aryl methyl sites for hydroxylation is 1. The molecule has 0 spiro atoms. The molecule has 2 aromatic carbocycles. The zero-order valence-corrected chi connectivity index (χ0v) is 19.5. The molecule has 0 saturated heterocycles. The van der Waals surface area contributed by atoms with E-state index < -0.39 is 11.2 Å². The van der Waals surface area contributed by atoms with Crippen LogP contribution in [0.15, 0.2) is 63.2 Å². The lowest BCUT2D eigenvalue weighted by molar-refractivity contribution is 0.311. The molecule has 34 heavy (non-hydrogen) atoms. The molecule has 2 heterocycles. The number of benzene rings is 2. The van der Waals surface area contributed by atoms with E-state index in [0.29, 0.717) is 36.1 Å². The SMILES string of the molecule is CCOc1ccc(/C=N\Nc2nc3c(c(=O)n(C)c(=O)n3C)n2Cc2ccccc2)cc1OC. The Balaban J connectivity index is 1.74. The first-order chi connectivity index (χ1) is 16.4. The summed E-state index contributed by atoms with van der Waals surface area (Å²) >= 11 is 0. The smallest absolute Gasteiger partial charge is 0.332 e. The zero-order valence-electron chi connectivity index (χ0n) is 19.5. The maximum Gasteiger partial charge on any atom is 0.332 e. The molecule has 0 aliphatic rings. The van der Waals surface area contributed by atoms with E-state index in [0.717, 1.165) is 15.7 Å². The Morgan fingerprint density at radius 3 is 2.53 bits per heavy atom. The second kappa shape index (κ2) is 9.65. The molecule has 0 bridgehead atoms. The fourth-order valence-corrected chi connectivity index (χ4v) is 3.66. The van der Waals surface area contributed by atoms with Gasteiger partial charge >= 0.3 is 5.69 Å². The van der Waals surface area contributed by atoms with Gasteiger partial charge in [-0.3, -0.25) is 18.5 Å². The van der Waals surface area contributed by atoms with Crippen molar-refractivity contribution in [2.45, 2.75) is 13.5 Å². The fourth-order valence-electron chi connectivity index (χ4n) is 3.66. The molecule has 4 rings (SSSR count). The molecule has 1 N–H and O–H groups in total. The summed E-state index contributed by atoms with van der Waals surface area (Å²) in [5.41, 5.74) is 4.41. The van der Waals surface area contributed by atoms with E-state index in [1.807, 2.05) is 55.5 Å². The molecular weight excluding hydrogens is 436 g/mol. The van der Waals surface area contributed by atoms with Crippen molar-refractivity contribution in [2.24, 2.45) is 19.2 Å². The number of nitrogens with one attached hydrogen (secondary N) is 1. The highest BCUT2D eigenvalue weighted by atomic mass is 16.5. The van der Waals surface area contributed by atoms with Crippen molar-refractivity contribution < 1.29 is 9.47 Å². The highest BCUT2D eigenvalue weighted by molar-refractivity contribution is 5.82. The van der Waals surface area contributed by atoms with Crippen molar-refractivity contribution in [3.05, 3.63) is 80.5 Å². The maximum atomic E-state index is 13.0. The Hall–Kier alpha value is -4.34. The van der Waals surface area contributed by atoms with Crippen LogP contribution in [0.4, 0.5) is 5.95 Å². The van der Waals surface area contributed by atoms with Crippen molar-refractivity contribution in [1.82, 2.24) is 18.7 Å². The van der Waals surface area contributed by atoms with Gasteiger partial charge in [0.2, 0.25) is 5.95 Å². The molecule has 0 fully saturated rings. The largest absolute Gasteiger partial charge is 0.493 e. The highest BCUT2D eigenvalue weighted by Gasteiger charge is 2.19. The second-order valence-electron chi connectivity index (χ2n) is 7.60. The Bertz CT molecular complexity index is 1470. The van der Waals surface area contributed by atoms with E-state index in [4.69, 9.17) is 9.47 Å². The molecular formula is C24H26N6O4. The standard InChI is InChI=1S/C24H26N6O4/c1-5-34-18-12-11-17(13-19(18)33-4)14-25-27-23-26-21-20(22(31)29(3)24(32)28(21)2)30(23)15-16-9-7-6-8-10-16/h6-14H,5,15H2,1-4H3,(H,26,27)/b25-14-. The first-order valence-corrected chi connectivity index (χ1v) is 10.7. The van der Waals surface area contributed by atoms with Gasteiger partial charge in [-0.1, -0.05) is 30.3 Å². The molecule has 0 aliphatic carbocycles. The number of hydrogen-bond donors (Lipinski definition) is 1. The van der Waals surface area contributed by atoms with Crippen LogP contribution in [0.1, 0.15) is 18.1 Å². The summed E-state index contributed by atoms with van der Waals surface area (Å²) in [5, 5.41) is 4.31. The topological polar surface area (TPSA) is 105 Å². The number of anilines is 1. The maximum absolute atomic E-state index is 13.0. The van der Waals surface area contributed by atoms with Gasteiger partial charge in [0.05, 0.1) is 26.5 Å². The van der Waals surface area contributed by atoms with Gasteiger partial charge in [0, 0.05) is 14.1 Å². The number of ether oxygens (including phenoxy) is 2. The number of hydrazone groups is 1. The van der Waals surface area contributed by atoms with Gasteiger partial charge in [-0.2, -0.15) is 10.1 Å². The van der Waals surface area contributed by atoms with E-state index in [-0.39, 0.29) is 5.65 Å². The zero-order chi connectivity index (χ0) is 24.2. The summed E-state index contributed by atoms with van der Waals surface area (Å²) in [7, 11) is 4.62. The summed E-state index contributed by atoms with van der Waals surface area (Å²) in [4.78, 5) is 29.9. The van der Waals surface area contributed by atoms with Crippen molar-refractivity contribution in [3.8, 4) is 11.5 Å². The number of aromatic nitrogens is 4. The predicted molar refractivity (Wildman–Crippen MR) is 131 cm³/mol. The molecule has 0 amide bonds. The van der Waals surface area contributed by atoms with E-state index in [1.54, 1.807) is 24.9 Å². The highest BCUT2D eigenvalue weighted by Crippen LogP contribution is 2.27. The minimum absolute atomic E-state index is 0.282. The van der Waals surface area contributed by atoms with Gasteiger partial charge < -0.3 is 9.47 Å². The van der Waals surface area contributed by atoms with Gasteiger partial charge in [-0.25, -0.2) is 10.2 Å². The number of nitrogens with zero attached hydrogens (tertiary/aromatic N) is 5. The van der Waals surface area contributed by atoms with Crippen LogP contribution in [0, 0.1) is 0 Å². The lowest BCUT2D eigenvalue weighted by Gasteiger charge is -2.10. The number of imidazole rings is 1. The third-order valence-corrected chi connectivity index (χ3v) is 5.40. The minimum Gasteiger partial charge on any atom is -0.493 e. The number of methoxy groups -OCH3 is 1. The molecule has 2 aromatic heterocycles. The molecule has 0 unspecified atom stereocenters. The quantitative estimate of drug-likeness (QED) is 0.318. The van der Waals surface area contributed by atoms with Gasteiger partial charge in [-0.15, -0.1) is 0 Å². The summed E-state index contributed by atoms with van der Waals surface area (Å²) in [6.45, 7) is 2.81. The molecule has 4 aromatic rings. The summed E-state index contributed by atoms with van der Waals surface area (Å²) in [5.74, 6) is 1.59. The average Bonchev–Trinajstić information content (AvgIpc) is 3.21. The molecule has 0 atom stereocenters. The first kappa shape index (κ1) is 22.8. The Morgan fingerprint density at radius 2 is 1.82 bits per heavy atom. The van der Waals surface area contributed by atoms with Gasteiger partial charge in [0.15, 0.2) is 22.7 Å². The predicted octanol–water partition coefficient (Wildman–Crippen LogP) is 2.34. The lowest BCUT2D eigenvalue weighted by Crippen LogP contribution is -2.37. The summed E-state index contributed by atoms with van der Waals surface area (Å²) in [6, 6.07) is 15.2. The fraction of sp³-hybridized carbons (Fsp3) is 0.250. The normalized spacial score (nSPS) is 11.3. The Morgan fingerprint density at radius 1 is 1.06 bits per heavy atom. The van der Waals surface area contributed by atoms with Crippen LogP contribution in [0.2, 0.25) is 0 Å². The van der Waals surface area contributed by atoms with Crippen LogP contribution in [-0.2, 0) is 20.6 Å². The van der Waals surface area contributed by atoms with Gasteiger partial charge in [0.1, 0.15) is 0 Å². The van der Waals surface area contributed by atoms with Crippen LogP contribution in [0.3, 0.4) is 0 Å². The number of rotatable bonds is 8. The van der Waals surface area contributed by atoms with Crippen molar-refractivity contribution >= 4 is 23.3 Å². The summed E-state index contributed by atoms with van der Waals surface area (Å²) < 4.78 is 15.1. The number of fused-ring (bicyclic) bond motifs is 1. The number of hydrogen-bond acceptors (Lipinski definition) is 7. The first-order valence-electron chi connectivity index (χ1n) is 10.7. The monoisotopic (exact) mass is 462 g/mol. The Kier molecular flexibility index (Phi) is 6.48. The molecule has 176 valence electrons. The average molecular weight is 463 g/mol. The summed E-state index contributed by atoms with van der Waals surface area (Å²) in [6.07, 6.45) is 1.61. The molecule has 0 aliphatic heterocycles. The van der Waals surface area contributed by atoms with E-state index in [2.05, 4.69) is 15.5 Å². The van der Waals surface area contributed by atoms with Crippen molar-refractivity contribution in [3.63, 3.8) is 0 Å². The van der Waals surface area contributed by atoms with Crippen LogP contribution < -0.4 is 26.1 Å². The van der Waals surface area contributed by atoms with E-state index in [1.165, 1.54) is 11.6 Å². The van der Waals surface area contributed by atoms with Crippen LogP contribution >= 0.6 is 0 Å². The minimum atomic E-state index is -0.446. The van der Waals surface area contributed by atoms with Gasteiger partial charge in [0.25, 0.3) is 5.56 Å².